The van der Waals surface area contributed by atoms with Crippen LogP contribution in [0, 0.1) is 5.41 Å². The van der Waals surface area contributed by atoms with Gasteiger partial charge in [0.05, 0.1) is 6.10 Å². The predicted molar refractivity (Wildman–Crippen MR) is 52.4 cm³/mol. The molecule has 76 valence electrons. The molecule has 2 unspecified atom stereocenters. The highest BCUT2D eigenvalue weighted by atomic mass is 16.3. The summed E-state index contributed by atoms with van der Waals surface area (Å²) in [5.74, 6) is 0. The highest BCUT2D eigenvalue weighted by Crippen LogP contribution is 2.47. The van der Waals surface area contributed by atoms with Crippen LogP contribution in [0.4, 0.5) is 0 Å². The van der Waals surface area contributed by atoms with Gasteiger partial charge in [-0.05, 0) is 25.2 Å². The summed E-state index contributed by atoms with van der Waals surface area (Å²) in [6.45, 7) is 5.06. The first kappa shape index (κ1) is 9.44. The largest absolute Gasteiger partial charge is 0.392 e. The van der Waals surface area contributed by atoms with Gasteiger partial charge < -0.3 is 15.7 Å². The maximum Gasteiger partial charge on any atom is 0.0675 e. The Kier molecular flexibility index (Phi) is 2.34. The van der Waals surface area contributed by atoms with Gasteiger partial charge in [-0.15, -0.1) is 0 Å². The quantitative estimate of drug-likeness (QED) is 0.658. The van der Waals surface area contributed by atoms with Crippen LogP contribution in [0.2, 0.25) is 0 Å². The van der Waals surface area contributed by atoms with Gasteiger partial charge in [0.2, 0.25) is 0 Å². The van der Waals surface area contributed by atoms with E-state index >= 15 is 0 Å². The van der Waals surface area contributed by atoms with Crippen LogP contribution in [-0.2, 0) is 0 Å². The fraction of sp³-hybridized carbons (Fsp3) is 1.00. The molecule has 13 heavy (non-hydrogen) atoms. The molecule has 0 amide bonds. The van der Waals surface area contributed by atoms with E-state index in [-0.39, 0.29) is 12.1 Å². The van der Waals surface area contributed by atoms with E-state index in [1.54, 1.807) is 6.92 Å². The molecule has 0 aromatic rings. The Hall–Kier alpha value is -0.120. The zero-order valence-electron chi connectivity index (χ0n) is 8.37. The molecule has 1 saturated heterocycles. The van der Waals surface area contributed by atoms with E-state index in [9.17, 15) is 5.11 Å². The van der Waals surface area contributed by atoms with Gasteiger partial charge in [0.1, 0.15) is 0 Å². The van der Waals surface area contributed by atoms with Crippen LogP contribution in [0.1, 0.15) is 26.2 Å². The summed E-state index contributed by atoms with van der Waals surface area (Å²) < 4.78 is 0. The van der Waals surface area contributed by atoms with E-state index in [2.05, 4.69) is 4.90 Å². The van der Waals surface area contributed by atoms with E-state index in [1.807, 2.05) is 0 Å². The van der Waals surface area contributed by atoms with E-state index in [4.69, 9.17) is 5.73 Å². The van der Waals surface area contributed by atoms with Crippen molar-refractivity contribution in [2.45, 2.75) is 38.3 Å². The van der Waals surface area contributed by atoms with E-state index in [0.29, 0.717) is 5.41 Å². The van der Waals surface area contributed by atoms with Gasteiger partial charge in [0.25, 0.3) is 0 Å². The molecule has 1 saturated carbocycles. The minimum Gasteiger partial charge on any atom is -0.392 e. The van der Waals surface area contributed by atoms with Crippen molar-refractivity contribution < 1.29 is 5.11 Å². The van der Waals surface area contributed by atoms with Crippen LogP contribution < -0.4 is 5.73 Å². The highest BCUT2D eigenvalue weighted by Gasteiger charge is 2.47. The Labute approximate surface area is 79.9 Å². The summed E-state index contributed by atoms with van der Waals surface area (Å²) in [4.78, 5) is 2.37. The summed E-state index contributed by atoms with van der Waals surface area (Å²) in [6, 6.07) is -0.0718. The normalized spacial score (nSPS) is 30.7. The van der Waals surface area contributed by atoms with Gasteiger partial charge in [-0.1, -0.05) is 6.42 Å². The molecular formula is C10H20N2O. The average molecular weight is 184 g/mol. The first-order valence-electron chi connectivity index (χ1n) is 5.27. The Morgan fingerprint density at radius 3 is 2.46 bits per heavy atom. The third kappa shape index (κ3) is 1.73. The molecule has 1 heterocycles. The molecule has 2 aliphatic rings. The van der Waals surface area contributed by atoms with Crippen LogP contribution in [0.25, 0.3) is 0 Å². The number of likely N-dealkylation sites (tertiary alicyclic amines) is 1. The molecule has 2 fully saturated rings. The lowest BCUT2D eigenvalue weighted by molar-refractivity contribution is -0.0667. The van der Waals surface area contributed by atoms with E-state index in [0.717, 1.165) is 6.54 Å². The number of aliphatic hydroxyl groups is 1. The molecule has 0 aromatic heterocycles. The van der Waals surface area contributed by atoms with Crippen molar-refractivity contribution >= 4 is 0 Å². The first-order valence-corrected chi connectivity index (χ1v) is 5.27. The molecular weight excluding hydrogens is 164 g/mol. The second-order valence-corrected chi connectivity index (χ2v) is 4.93. The number of nitrogens with zero attached hydrogens (tertiary/aromatic N) is 1. The number of hydrogen-bond donors (Lipinski definition) is 2. The number of rotatable bonds is 3. The summed E-state index contributed by atoms with van der Waals surface area (Å²) in [6.07, 6.45) is 3.86. The highest BCUT2D eigenvalue weighted by molar-refractivity contribution is 5.01. The van der Waals surface area contributed by atoms with Gasteiger partial charge in [0, 0.05) is 25.7 Å². The van der Waals surface area contributed by atoms with Crippen LogP contribution in [-0.4, -0.2) is 41.8 Å². The van der Waals surface area contributed by atoms with Crippen molar-refractivity contribution in [3.63, 3.8) is 0 Å². The number of hydrogen-bond acceptors (Lipinski definition) is 3. The summed E-state index contributed by atoms with van der Waals surface area (Å²) in [7, 11) is 0. The van der Waals surface area contributed by atoms with E-state index in [1.165, 1.54) is 32.4 Å². The lowest BCUT2D eigenvalue weighted by Gasteiger charge is -2.56. The molecule has 1 aliphatic heterocycles. The minimum atomic E-state index is -0.377. The zero-order chi connectivity index (χ0) is 9.47. The monoisotopic (exact) mass is 184 g/mol. The molecule has 0 bridgehead atoms. The summed E-state index contributed by atoms with van der Waals surface area (Å²) in [5.41, 5.74) is 6.46. The minimum absolute atomic E-state index is 0.0718. The van der Waals surface area contributed by atoms with Crippen molar-refractivity contribution in [2.24, 2.45) is 11.1 Å². The molecule has 3 N–H and O–H groups in total. The van der Waals surface area contributed by atoms with E-state index < -0.39 is 0 Å². The van der Waals surface area contributed by atoms with Gasteiger partial charge in [-0.25, -0.2) is 0 Å². The molecule has 1 spiro atoms. The Morgan fingerprint density at radius 1 is 1.46 bits per heavy atom. The topological polar surface area (TPSA) is 49.5 Å². The summed E-state index contributed by atoms with van der Waals surface area (Å²) >= 11 is 0. The second kappa shape index (κ2) is 3.23. The van der Waals surface area contributed by atoms with Crippen LogP contribution in [0.3, 0.4) is 0 Å². The maximum absolute atomic E-state index is 9.24. The summed E-state index contributed by atoms with van der Waals surface area (Å²) in [5, 5.41) is 9.24. The van der Waals surface area contributed by atoms with Crippen molar-refractivity contribution in [3.05, 3.63) is 0 Å². The molecule has 2 rings (SSSR count). The Morgan fingerprint density at radius 2 is 2.08 bits per heavy atom. The van der Waals surface area contributed by atoms with Crippen LogP contribution in [0.5, 0.6) is 0 Å². The second-order valence-electron chi connectivity index (χ2n) is 4.93. The first-order chi connectivity index (χ1) is 6.11. The number of nitrogens with two attached hydrogens (primary N) is 1. The number of aliphatic hydroxyl groups excluding tert-OH is 1. The average Bonchev–Trinajstić information content (AvgIpc) is 1.90. The lowest BCUT2D eigenvalue weighted by atomic mass is 9.63. The lowest BCUT2D eigenvalue weighted by Crippen LogP contribution is -2.62. The molecule has 3 nitrogen and oxygen atoms in total. The fourth-order valence-electron chi connectivity index (χ4n) is 2.48. The third-order valence-corrected chi connectivity index (χ3v) is 3.62. The fourth-order valence-corrected chi connectivity index (χ4v) is 2.48. The SMILES string of the molecule is CC(O)C(N)CN1CC2(CCC2)C1. The zero-order valence-corrected chi connectivity index (χ0v) is 8.37. The Balaban J connectivity index is 1.69. The van der Waals surface area contributed by atoms with Crippen LogP contribution >= 0.6 is 0 Å². The van der Waals surface area contributed by atoms with Crippen molar-refractivity contribution in [3.8, 4) is 0 Å². The smallest absolute Gasteiger partial charge is 0.0675 e. The predicted octanol–water partition coefficient (Wildman–Crippen LogP) is 0.180. The van der Waals surface area contributed by atoms with Crippen LogP contribution in [0.15, 0.2) is 0 Å². The maximum atomic E-state index is 9.24. The van der Waals surface area contributed by atoms with Crippen molar-refractivity contribution in [1.82, 2.24) is 4.90 Å². The molecule has 3 heteroatoms. The van der Waals surface area contributed by atoms with Gasteiger partial charge >= 0.3 is 0 Å². The van der Waals surface area contributed by atoms with Gasteiger partial charge in [-0.3, -0.25) is 0 Å². The Bertz CT molecular complexity index is 181. The van der Waals surface area contributed by atoms with Gasteiger partial charge in [-0.2, -0.15) is 0 Å². The molecule has 1 aliphatic carbocycles. The van der Waals surface area contributed by atoms with Crippen molar-refractivity contribution in [2.75, 3.05) is 19.6 Å². The standard InChI is InChI=1S/C10H20N2O/c1-8(13)9(11)5-12-6-10(7-12)3-2-4-10/h8-9,13H,2-7,11H2,1H3. The molecule has 0 radical (unpaired) electrons. The molecule has 2 atom stereocenters. The molecule has 0 aromatic carbocycles. The van der Waals surface area contributed by atoms with Crippen molar-refractivity contribution in [1.29, 1.82) is 0 Å². The third-order valence-electron chi connectivity index (χ3n) is 3.62. The van der Waals surface area contributed by atoms with Gasteiger partial charge in [0.15, 0.2) is 0 Å².